The highest BCUT2D eigenvalue weighted by atomic mass is 32.2. The first-order valence-electron chi connectivity index (χ1n) is 12.1. The lowest BCUT2D eigenvalue weighted by Gasteiger charge is -2.17. The number of nitrogens with two attached hydrogens (primary N) is 1. The molecule has 0 bridgehead atoms. The predicted octanol–water partition coefficient (Wildman–Crippen LogP) is 6.09. The average Bonchev–Trinajstić information content (AvgIpc) is 3.38. The second-order valence-corrected chi connectivity index (χ2v) is 10.5. The normalized spacial score (nSPS) is 11.9. The molecule has 0 spiro atoms. The molecule has 3 aromatic carbocycles. The molecule has 0 radical (unpaired) electrons. The standard InChI is InChI=1S/C29H22F2N4O5S/c1-4-17-13-21(28(27(25(17)32)35(37)38)40-24-10-7-18(30)14-23(24)31)22-15-33(3)29(36)26-20(22)11-12-34(26)41(39)19-8-5-16(2)6-9-19/h4-15H,1,32H2,2-3H3. The quantitative estimate of drug-likeness (QED) is 0.142. The second kappa shape index (κ2) is 10.5. The van der Waals surface area contributed by atoms with E-state index in [9.17, 15) is 27.9 Å². The predicted molar refractivity (Wildman–Crippen MR) is 153 cm³/mol. The van der Waals surface area contributed by atoms with Crippen LogP contribution in [0.4, 0.5) is 20.2 Å². The van der Waals surface area contributed by atoms with Crippen LogP contribution < -0.4 is 16.0 Å². The highest BCUT2D eigenvalue weighted by molar-refractivity contribution is 7.83. The van der Waals surface area contributed by atoms with Crippen molar-refractivity contribution >= 4 is 39.3 Å². The number of benzene rings is 3. The van der Waals surface area contributed by atoms with Gasteiger partial charge in [-0.15, -0.1) is 0 Å². The average molecular weight is 577 g/mol. The van der Waals surface area contributed by atoms with E-state index in [-0.39, 0.29) is 27.9 Å². The number of aromatic nitrogens is 2. The van der Waals surface area contributed by atoms with E-state index in [1.54, 1.807) is 30.3 Å². The zero-order valence-corrected chi connectivity index (χ0v) is 22.6. The second-order valence-electron chi connectivity index (χ2n) is 9.17. The first kappa shape index (κ1) is 27.5. The lowest BCUT2D eigenvalue weighted by Crippen LogP contribution is -2.20. The molecular formula is C29H22F2N4O5S. The van der Waals surface area contributed by atoms with Crippen molar-refractivity contribution in [1.82, 2.24) is 8.54 Å². The molecule has 0 fully saturated rings. The van der Waals surface area contributed by atoms with Crippen molar-refractivity contribution in [2.75, 3.05) is 5.73 Å². The minimum atomic E-state index is -1.80. The third-order valence-electron chi connectivity index (χ3n) is 6.51. The Kier molecular flexibility index (Phi) is 7.01. The van der Waals surface area contributed by atoms with Crippen molar-refractivity contribution in [3.63, 3.8) is 0 Å². The van der Waals surface area contributed by atoms with Gasteiger partial charge in [0.15, 0.2) is 22.6 Å². The fourth-order valence-corrected chi connectivity index (χ4v) is 5.57. The Bertz CT molecular complexity index is 1970. The van der Waals surface area contributed by atoms with E-state index in [0.29, 0.717) is 16.3 Å². The zero-order valence-electron chi connectivity index (χ0n) is 21.8. The molecule has 0 amide bonds. The lowest BCUT2D eigenvalue weighted by atomic mass is 9.97. The van der Waals surface area contributed by atoms with E-state index in [0.717, 1.165) is 17.7 Å². The lowest BCUT2D eigenvalue weighted by molar-refractivity contribution is -0.384. The molecule has 0 aliphatic carbocycles. The molecule has 0 saturated carbocycles. The van der Waals surface area contributed by atoms with Gasteiger partial charge in [-0.25, -0.2) is 13.0 Å². The summed E-state index contributed by atoms with van der Waals surface area (Å²) in [5.74, 6) is -2.88. The maximum atomic E-state index is 14.6. The van der Waals surface area contributed by atoms with Gasteiger partial charge in [0.1, 0.15) is 17.0 Å². The van der Waals surface area contributed by atoms with Gasteiger partial charge in [0.2, 0.25) is 5.75 Å². The number of nitrogens with zero attached hydrogens (tertiary/aromatic N) is 3. The number of aryl methyl sites for hydroxylation is 2. The summed E-state index contributed by atoms with van der Waals surface area (Å²) in [6.45, 7) is 5.57. The smallest absolute Gasteiger partial charge is 0.335 e. The molecule has 2 aromatic heterocycles. The third kappa shape index (κ3) is 4.78. The van der Waals surface area contributed by atoms with E-state index in [1.165, 1.54) is 40.1 Å². The molecular weight excluding hydrogens is 554 g/mol. The number of nitrogen functional groups attached to an aromatic ring is 1. The summed E-state index contributed by atoms with van der Waals surface area (Å²) < 4.78 is 50.0. The SMILES string of the molecule is C=Cc1cc(-c2cn(C)c(=O)c3c2ccn3S(=O)c2ccc(C)cc2)c(Oc2ccc(F)cc2F)c([N+](=O)[O-])c1N. The molecule has 2 N–H and O–H groups in total. The highest BCUT2D eigenvalue weighted by Crippen LogP contribution is 2.47. The van der Waals surface area contributed by atoms with Crippen LogP contribution in [0.25, 0.3) is 28.1 Å². The van der Waals surface area contributed by atoms with Gasteiger partial charge in [0, 0.05) is 47.6 Å². The number of hydrogen-bond acceptors (Lipinski definition) is 6. The number of rotatable bonds is 7. The summed E-state index contributed by atoms with van der Waals surface area (Å²) in [7, 11) is -0.333. The summed E-state index contributed by atoms with van der Waals surface area (Å²) in [4.78, 5) is 25.2. The number of pyridine rings is 1. The van der Waals surface area contributed by atoms with Gasteiger partial charge in [-0.3, -0.25) is 18.9 Å². The van der Waals surface area contributed by atoms with Gasteiger partial charge < -0.3 is 15.0 Å². The van der Waals surface area contributed by atoms with Crippen LogP contribution in [0.3, 0.4) is 0 Å². The maximum absolute atomic E-state index is 14.6. The number of fused-ring (bicyclic) bond motifs is 1. The maximum Gasteiger partial charge on any atom is 0.335 e. The molecule has 0 saturated heterocycles. The van der Waals surface area contributed by atoms with E-state index in [1.807, 2.05) is 6.92 Å². The number of ether oxygens (including phenoxy) is 1. The fraction of sp³-hybridized carbons (Fsp3) is 0.0690. The summed E-state index contributed by atoms with van der Waals surface area (Å²) in [6, 6.07) is 12.5. The van der Waals surface area contributed by atoms with Crippen molar-refractivity contribution in [2.24, 2.45) is 7.05 Å². The summed E-state index contributed by atoms with van der Waals surface area (Å²) in [5, 5.41) is 12.5. The number of anilines is 1. The van der Waals surface area contributed by atoms with Gasteiger partial charge in [-0.1, -0.05) is 30.4 Å². The molecule has 5 rings (SSSR count). The summed E-state index contributed by atoms with van der Waals surface area (Å²) >= 11 is 0. The minimum absolute atomic E-state index is 0.0578. The van der Waals surface area contributed by atoms with Crippen LogP contribution in [-0.2, 0) is 18.0 Å². The molecule has 0 aliphatic rings. The fourth-order valence-electron chi connectivity index (χ4n) is 4.46. The van der Waals surface area contributed by atoms with Crippen LogP contribution in [0.5, 0.6) is 11.5 Å². The zero-order chi connectivity index (χ0) is 29.6. The molecule has 0 aliphatic heterocycles. The van der Waals surface area contributed by atoms with Crippen LogP contribution in [0.1, 0.15) is 11.1 Å². The van der Waals surface area contributed by atoms with Crippen molar-refractivity contribution < 1.29 is 22.6 Å². The first-order valence-corrected chi connectivity index (χ1v) is 13.2. The van der Waals surface area contributed by atoms with Crippen LogP contribution in [0, 0.1) is 28.7 Å². The van der Waals surface area contributed by atoms with Gasteiger partial charge in [-0.05, 0) is 43.3 Å². The van der Waals surface area contributed by atoms with Gasteiger partial charge >= 0.3 is 5.69 Å². The first-order chi connectivity index (χ1) is 19.5. The number of halogens is 2. The molecule has 41 heavy (non-hydrogen) atoms. The monoisotopic (exact) mass is 576 g/mol. The van der Waals surface area contributed by atoms with Gasteiger partial charge in [0.05, 0.1) is 9.82 Å². The van der Waals surface area contributed by atoms with Crippen LogP contribution in [-0.4, -0.2) is 17.7 Å². The Morgan fingerprint density at radius 1 is 1.10 bits per heavy atom. The Morgan fingerprint density at radius 2 is 1.80 bits per heavy atom. The molecule has 9 nitrogen and oxygen atoms in total. The minimum Gasteiger partial charge on any atom is -0.446 e. The van der Waals surface area contributed by atoms with Crippen LogP contribution >= 0.6 is 0 Å². The van der Waals surface area contributed by atoms with Crippen LogP contribution in [0.2, 0.25) is 0 Å². The summed E-state index contributed by atoms with van der Waals surface area (Å²) in [6.07, 6.45) is 4.22. The number of nitro groups is 1. The largest absolute Gasteiger partial charge is 0.446 e. The number of nitro benzene ring substituents is 1. The van der Waals surface area contributed by atoms with E-state index >= 15 is 0 Å². The number of hydrogen-bond donors (Lipinski definition) is 1. The highest BCUT2D eigenvalue weighted by Gasteiger charge is 2.30. The molecule has 5 aromatic rings. The molecule has 1 unspecified atom stereocenters. The Hall–Kier alpha value is -5.10. The third-order valence-corrected chi connectivity index (χ3v) is 7.85. The van der Waals surface area contributed by atoms with Crippen LogP contribution in [0.15, 0.2) is 83.3 Å². The molecule has 12 heteroatoms. The summed E-state index contributed by atoms with van der Waals surface area (Å²) in [5.41, 5.74) is 6.21. The van der Waals surface area contributed by atoms with Gasteiger partial charge in [-0.2, -0.15) is 0 Å². The van der Waals surface area contributed by atoms with E-state index < -0.39 is 50.3 Å². The molecule has 1 atom stereocenters. The Labute approximate surface area is 234 Å². The van der Waals surface area contributed by atoms with Crippen molar-refractivity contribution in [3.05, 3.63) is 117 Å². The van der Waals surface area contributed by atoms with Gasteiger partial charge in [0.25, 0.3) is 5.56 Å². The van der Waals surface area contributed by atoms with E-state index in [4.69, 9.17) is 10.5 Å². The van der Waals surface area contributed by atoms with Crippen molar-refractivity contribution in [1.29, 1.82) is 0 Å². The Balaban J connectivity index is 1.82. The van der Waals surface area contributed by atoms with E-state index in [2.05, 4.69) is 6.58 Å². The van der Waals surface area contributed by atoms with Crippen molar-refractivity contribution in [2.45, 2.75) is 11.8 Å². The van der Waals surface area contributed by atoms with Crippen molar-refractivity contribution in [3.8, 4) is 22.6 Å². The Morgan fingerprint density at radius 3 is 2.44 bits per heavy atom. The molecule has 208 valence electrons. The molecule has 2 heterocycles. The topological polar surface area (TPSA) is 122 Å².